The molecule has 2 N–H and O–H groups in total. The standard InChI is InChI=1S/C12H15BrF2N2O2/c1-2-9(11(16)19)17-7-8(6-12(13,14)15)4-3-5-10(17)18/h3-4,7,9H,2,5-6H2,1H3,(H2,16,19). The summed E-state index contributed by atoms with van der Waals surface area (Å²) in [7, 11) is 0. The van der Waals surface area contributed by atoms with Crippen molar-refractivity contribution >= 4 is 27.7 Å². The van der Waals surface area contributed by atoms with Crippen molar-refractivity contribution in [2.45, 2.75) is 37.1 Å². The second-order valence-electron chi connectivity index (χ2n) is 4.23. The van der Waals surface area contributed by atoms with Crippen LogP contribution in [0.1, 0.15) is 26.2 Å². The molecule has 0 radical (unpaired) electrons. The minimum absolute atomic E-state index is 0.0532. The van der Waals surface area contributed by atoms with Crippen LogP contribution in [0.25, 0.3) is 0 Å². The number of allylic oxidation sites excluding steroid dienone is 2. The lowest BCUT2D eigenvalue weighted by atomic mass is 10.1. The van der Waals surface area contributed by atoms with E-state index in [1.165, 1.54) is 18.4 Å². The van der Waals surface area contributed by atoms with Crippen molar-refractivity contribution in [1.82, 2.24) is 4.90 Å². The predicted octanol–water partition coefficient (Wildman–Crippen LogP) is 2.30. The highest BCUT2D eigenvalue weighted by Crippen LogP contribution is 2.31. The number of carbonyl (C=O) groups excluding carboxylic acids is 2. The van der Waals surface area contributed by atoms with E-state index in [1.807, 2.05) is 0 Å². The largest absolute Gasteiger partial charge is 0.368 e. The SMILES string of the molecule is CCC(C(N)=O)N1C=C(CC(F)(F)Br)C=CCC1=O. The third-order valence-corrected chi connectivity index (χ3v) is 2.95. The van der Waals surface area contributed by atoms with Crippen LogP contribution in [0.5, 0.6) is 0 Å². The Morgan fingerprint density at radius 3 is 2.74 bits per heavy atom. The van der Waals surface area contributed by atoms with Gasteiger partial charge in [-0.1, -0.05) is 19.1 Å². The summed E-state index contributed by atoms with van der Waals surface area (Å²) in [6.07, 6.45) is 4.05. The van der Waals surface area contributed by atoms with Crippen LogP contribution in [0.15, 0.2) is 23.9 Å². The highest BCUT2D eigenvalue weighted by Gasteiger charge is 2.29. The van der Waals surface area contributed by atoms with E-state index in [0.29, 0.717) is 6.42 Å². The van der Waals surface area contributed by atoms with Gasteiger partial charge in [0, 0.05) is 19.0 Å². The lowest BCUT2D eigenvalue weighted by Crippen LogP contribution is -2.44. The number of hydrogen-bond acceptors (Lipinski definition) is 2. The van der Waals surface area contributed by atoms with Gasteiger partial charge in [-0.3, -0.25) is 9.59 Å². The maximum Gasteiger partial charge on any atom is 0.305 e. The number of amides is 2. The van der Waals surface area contributed by atoms with Gasteiger partial charge in [0.15, 0.2) is 0 Å². The van der Waals surface area contributed by atoms with E-state index < -0.39 is 23.2 Å². The van der Waals surface area contributed by atoms with Crippen LogP contribution in [0, 0.1) is 0 Å². The Kier molecular flexibility index (Phi) is 5.22. The molecular formula is C12H15BrF2N2O2. The first-order chi connectivity index (χ1) is 8.74. The van der Waals surface area contributed by atoms with Gasteiger partial charge in [-0.15, -0.1) is 0 Å². The molecule has 0 aromatic heterocycles. The zero-order chi connectivity index (χ0) is 14.6. The molecule has 19 heavy (non-hydrogen) atoms. The number of nitrogens with two attached hydrogens (primary N) is 1. The van der Waals surface area contributed by atoms with Gasteiger partial charge in [0.2, 0.25) is 11.8 Å². The van der Waals surface area contributed by atoms with Crippen LogP contribution in [-0.2, 0) is 9.59 Å². The van der Waals surface area contributed by atoms with E-state index in [2.05, 4.69) is 15.9 Å². The molecule has 1 aliphatic rings. The fraction of sp³-hybridized carbons (Fsp3) is 0.500. The van der Waals surface area contributed by atoms with Crippen molar-refractivity contribution in [3.63, 3.8) is 0 Å². The molecule has 0 saturated carbocycles. The maximum absolute atomic E-state index is 13.0. The molecule has 7 heteroatoms. The average molecular weight is 337 g/mol. The lowest BCUT2D eigenvalue weighted by Gasteiger charge is -2.25. The van der Waals surface area contributed by atoms with Gasteiger partial charge in [0.25, 0.3) is 0 Å². The maximum atomic E-state index is 13.0. The van der Waals surface area contributed by atoms with Gasteiger partial charge in [-0.25, -0.2) is 0 Å². The summed E-state index contributed by atoms with van der Waals surface area (Å²) in [4.78, 5) is 21.2. The molecule has 1 unspecified atom stereocenters. The second kappa shape index (κ2) is 6.27. The molecule has 0 spiro atoms. The molecule has 0 aromatic rings. The van der Waals surface area contributed by atoms with Crippen molar-refractivity contribution in [1.29, 1.82) is 0 Å². The fourth-order valence-corrected chi connectivity index (χ4v) is 2.17. The molecule has 1 heterocycles. The van der Waals surface area contributed by atoms with Gasteiger partial charge in [0.1, 0.15) is 6.04 Å². The molecule has 4 nitrogen and oxygen atoms in total. The summed E-state index contributed by atoms with van der Waals surface area (Å²) in [6.45, 7) is 1.70. The summed E-state index contributed by atoms with van der Waals surface area (Å²) >= 11 is 2.25. The Labute approximate surface area is 118 Å². The third-order valence-electron chi connectivity index (χ3n) is 2.67. The van der Waals surface area contributed by atoms with Crippen LogP contribution < -0.4 is 5.73 Å². The van der Waals surface area contributed by atoms with E-state index >= 15 is 0 Å². The van der Waals surface area contributed by atoms with Crippen molar-refractivity contribution < 1.29 is 18.4 Å². The summed E-state index contributed by atoms with van der Waals surface area (Å²) in [6, 6.07) is -0.814. The second-order valence-corrected chi connectivity index (χ2v) is 5.39. The predicted molar refractivity (Wildman–Crippen MR) is 70.5 cm³/mol. The lowest BCUT2D eigenvalue weighted by molar-refractivity contribution is -0.135. The smallest absolute Gasteiger partial charge is 0.305 e. The topological polar surface area (TPSA) is 63.4 Å². The highest BCUT2D eigenvalue weighted by molar-refractivity contribution is 9.10. The fourth-order valence-electron chi connectivity index (χ4n) is 1.84. The van der Waals surface area contributed by atoms with E-state index in [1.54, 1.807) is 6.92 Å². The highest BCUT2D eigenvalue weighted by atomic mass is 79.9. The normalized spacial score (nSPS) is 18.0. The van der Waals surface area contributed by atoms with Crippen LogP contribution in [0.4, 0.5) is 8.78 Å². The molecule has 1 atom stereocenters. The molecule has 106 valence electrons. The molecular weight excluding hydrogens is 322 g/mol. The van der Waals surface area contributed by atoms with E-state index in [9.17, 15) is 18.4 Å². The number of primary amides is 1. The summed E-state index contributed by atoms with van der Waals surface area (Å²) in [5, 5.41) is 0. The summed E-state index contributed by atoms with van der Waals surface area (Å²) < 4.78 is 25.9. The minimum atomic E-state index is -3.06. The van der Waals surface area contributed by atoms with Gasteiger partial charge in [-0.05, 0) is 27.9 Å². The Hall–Kier alpha value is -1.24. The summed E-state index contributed by atoms with van der Waals surface area (Å²) in [5.41, 5.74) is 5.48. The minimum Gasteiger partial charge on any atom is -0.368 e. The van der Waals surface area contributed by atoms with Gasteiger partial charge in [0.05, 0.1) is 0 Å². The van der Waals surface area contributed by atoms with Crippen molar-refractivity contribution in [3.8, 4) is 0 Å². The molecule has 0 fully saturated rings. The molecule has 0 saturated heterocycles. The number of nitrogens with zero attached hydrogens (tertiary/aromatic N) is 1. The Morgan fingerprint density at radius 1 is 1.63 bits per heavy atom. The molecule has 1 rings (SSSR count). The van der Waals surface area contributed by atoms with Crippen LogP contribution in [0.3, 0.4) is 0 Å². The van der Waals surface area contributed by atoms with Crippen molar-refractivity contribution in [3.05, 3.63) is 23.9 Å². The first-order valence-corrected chi connectivity index (χ1v) is 6.58. The molecule has 0 bridgehead atoms. The number of alkyl halides is 3. The van der Waals surface area contributed by atoms with Gasteiger partial charge >= 0.3 is 4.83 Å². The molecule has 1 aliphatic heterocycles. The molecule has 0 aliphatic carbocycles. The van der Waals surface area contributed by atoms with Crippen molar-refractivity contribution in [2.75, 3.05) is 0 Å². The number of halogens is 3. The number of rotatable bonds is 5. The Balaban J connectivity index is 3.04. The Bertz CT molecular complexity index is 430. The van der Waals surface area contributed by atoms with Gasteiger partial charge < -0.3 is 10.6 Å². The number of hydrogen-bond donors (Lipinski definition) is 1. The quantitative estimate of drug-likeness (QED) is 0.783. The van der Waals surface area contributed by atoms with Crippen molar-refractivity contribution in [2.24, 2.45) is 5.73 Å². The monoisotopic (exact) mass is 336 g/mol. The first-order valence-electron chi connectivity index (χ1n) is 5.79. The zero-order valence-corrected chi connectivity index (χ0v) is 12.0. The molecule has 0 aromatic carbocycles. The van der Waals surface area contributed by atoms with E-state index in [4.69, 9.17) is 5.73 Å². The number of carbonyl (C=O) groups is 2. The average Bonchev–Trinajstić information content (AvgIpc) is 2.40. The third kappa shape index (κ3) is 4.74. The van der Waals surface area contributed by atoms with E-state index in [-0.39, 0.29) is 17.9 Å². The molecule has 2 amide bonds. The van der Waals surface area contributed by atoms with Crippen LogP contribution in [0.2, 0.25) is 0 Å². The first kappa shape index (κ1) is 15.8. The van der Waals surface area contributed by atoms with Crippen LogP contribution >= 0.6 is 15.9 Å². The summed E-state index contributed by atoms with van der Waals surface area (Å²) in [5.74, 6) is -0.992. The van der Waals surface area contributed by atoms with Gasteiger partial charge in [-0.2, -0.15) is 8.78 Å². The Morgan fingerprint density at radius 2 is 2.26 bits per heavy atom. The van der Waals surface area contributed by atoms with Crippen LogP contribution in [-0.4, -0.2) is 27.6 Å². The van der Waals surface area contributed by atoms with E-state index in [0.717, 1.165) is 4.90 Å². The zero-order valence-electron chi connectivity index (χ0n) is 10.4.